The maximum Gasteiger partial charge on any atom is 0.297 e. The van der Waals surface area contributed by atoms with Crippen LogP contribution in [0.5, 0.6) is 0 Å². The molecule has 0 aliphatic rings. The van der Waals surface area contributed by atoms with Crippen LogP contribution in [0.15, 0.2) is 70.6 Å². The van der Waals surface area contributed by atoms with Gasteiger partial charge in [-0.05, 0) is 47.9 Å². The lowest BCUT2D eigenvalue weighted by Crippen LogP contribution is -2.22. The van der Waals surface area contributed by atoms with Crippen molar-refractivity contribution in [2.45, 2.75) is 37.1 Å². The highest BCUT2D eigenvalue weighted by Crippen LogP contribution is 2.26. The highest BCUT2D eigenvalue weighted by molar-refractivity contribution is 7.99. The zero-order valence-electron chi connectivity index (χ0n) is 17.3. The predicted octanol–water partition coefficient (Wildman–Crippen LogP) is 3.57. The lowest BCUT2D eigenvalue weighted by atomic mass is 10.1. The molecule has 0 saturated carbocycles. The SMILES string of the molecule is Cc1c(-n2nnnc2SC(C)CCc2ccccc2)c(=O)n(-c2ccccc2)n1C. The standard InChI is InChI=1S/C22H24N6OS/c1-16(14-15-18-10-6-4-7-11-18)30-22-23-24-25-27(22)20-17(2)26(3)28(21(20)29)19-12-8-5-9-13-19/h4-13,16H,14-15H2,1-3H3. The van der Waals surface area contributed by atoms with E-state index in [0.29, 0.717) is 16.1 Å². The first-order chi connectivity index (χ1) is 14.6. The molecule has 30 heavy (non-hydrogen) atoms. The maximum atomic E-state index is 13.3. The van der Waals surface area contributed by atoms with E-state index in [4.69, 9.17) is 0 Å². The van der Waals surface area contributed by atoms with Gasteiger partial charge < -0.3 is 0 Å². The molecular weight excluding hydrogens is 396 g/mol. The Labute approximate surface area is 179 Å². The number of nitrogens with zero attached hydrogens (tertiary/aromatic N) is 6. The van der Waals surface area contributed by atoms with Crippen molar-refractivity contribution >= 4 is 11.8 Å². The topological polar surface area (TPSA) is 70.5 Å². The summed E-state index contributed by atoms with van der Waals surface area (Å²) in [6.07, 6.45) is 1.98. The molecule has 0 radical (unpaired) electrons. The molecule has 4 aromatic rings. The third-order valence-electron chi connectivity index (χ3n) is 5.17. The molecule has 1 atom stereocenters. The molecule has 7 nitrogen and oxygen atoms in total. The summed E-state index contributed by atoms with van der Waals surface area (Å²) in [7, 11) is 1.87. The second kappa shape index (κ2) is 8.71. The zero-order valence-corrected chi connectivity index (χ0v) is 18.1. The molecule has 0 saturated heterocycles. The molecule has 0 aliphatic heterocycles. The minimum absolute atomic E-state index is 0.146. The average Bonchev–Trinajstić information content (AvgIpc) is 3.29. The molecule has 0 N–H and O–H groups in total. The number of hydrogen-bond donors (Lipinski definition) is 0. The van der Waals surface area contributed by atoms with Gasteiger partial charge in [0.15, 0.2) is 5.69 Å². The van der Waals surface area contributed by atoms with Gasteiger partial charge in [0.25, 0.3) is 5.56 Å². The first-order valence-electron chi connectivity index (χ1n) is 9.89. The molecule has 0 bridgehead atoms. The van der Waals surface area contributed by atoms with Gasteiger partial charge in [0.1, 0.15) is 0 Å². The van der Waals surface area contributed by atoms with Crippen LogP contribution in [-0.2, 0) is 13.5 Å². The molecule has 4 rings (SSSR count). The van der Waals surface area contributed by atoms with Crippen LogP contribution in [0.25, 0.3) is 11.4 Å². The highest BCUT2D eigenvalue weighted by atomic mass is 32.2. The van der Waals surface area contributed by atoms with Crippen LogP contribution in [0, 0.1) is 6.92 Å². The molecule has 1 unspecified atom stereocenters. The van der Waals surface area contributed by atoms with Gasteiger partial charge in [0, 0.05) is 12.3 Å². The monoisotopic (exact) mass is 420 g/mol. The van der Waals surface area contributed by atoms with E-state index in [0.717, 1.165) is 24.2 Å². The summed E-state index contributed by atoms with van der Waals surface area (Å²) in [6.45, 7) is 4.07. The van der Waals surface area contributed by atoms with Gasteiger partial charge in [-0.1, -0.05) is 67.2 Å². The fourth-order valence-corrected chi connectivity index (χ4v) is 4.35. The Hall–Kier alpha value is -3.13. The fourth-order valence-electron chi connectivity index (χ4n) is 3.44. The maximum absolute atomic E-state index is 13.3. The summed E-state index contributed by atoms with van der Waals surface area (Å²) in [5.41, 5.74) is 3.25. The van der Waals surface area contributed by atoms with Crippen molar-refractivity contribution in [2.75, 3.05) is 0 Å². The van der Waals surface area contributed by atoms with E-state index in [1.54, 1.807) is 21.1 Å². The van der Waals surface area contributed by atoms with E-state index >= 15 is 0 Å². The number of aromatic nitrogens is 6. The van der Waals surface area contributed by atoms with Crippen LogP contribution in [0.1, 0.15) is 24.6 Å². The van der Waals surface area contributed by atoms with Crippen molar-refractivity contribution in [3.63, 3.8) is 0 Å². The van der Waals surface area contributed by atoms with E-state index < -0.39 is 0 Å². The first-order valence-corrected chi connectivity index (χ1v) is 10.8. The molecular formula is C22H24N6OS. The van der Waals surface area contributed by atoms with Crippen molar-refractivity contribution in [1.29, 1.82) is 0 Å². The number of thioether (sulfide) groups is 1. The minimum atomic E-state index is -0.146. The molecule has 0 fully saturated rings. The smallest absolute Gasteiger partial charge is 0.283 e. The van der Waals surface area contributed by atoms with Crippen molar-refractivity contribution < 1.29 is 0 Å². The molecule has 0 spiro atoms. The van der Waals surface area contributed by atoms with Crippen molar-refractivity contribution in [3.05, 3.63) is 82.3 Å². The highest BCUT2D eigenvalue weighted by Gasteiger charge is 2.22. The van der Waals surface area contributed by atoms with Crippen LogP contribution in [0.2, 0.25) is 0 Å². The van der Waals surface area contributed by atoms with Gasteiger partial charge in [-0.15, -0.1) is 5.10 Å². The Kier molecular flexibility index (Phi) is 5.85. The fraction of sp³-hybridized carbons (Fsp3) is 0.273. The summed E-state index contributed by atoms with van der Waals surface area (Å²) in [5, 5.41) is 13.1. The second-order valence-electron chi connectivity index (χ2n) is 7.24. The van der Waals surface area contributed by atoms with Crippen molar-refractivity contribution in [1.82, 2.24) is 29.6 Å². The van der Waals surface area contributed by atoms with Crippen LogP contribution in [0.3, 0.4) is 0 Å². The normalized spacial score (nSPS) is 12.2. The predicted molar refractivity (Wildman–Crippen MR) is 119 cm³/mol. The Morgan fingerprint density at radius 1 is 1.03 bits per heavy atom. The van der Waals surface area contributed by atoms with Crippen molar-refractivity contribution in [2.24, 2.45) is 7.05 Å². The van der Waals surface area contributed by atoms with Crippen LogP contribution < -0.4 is 5.56 Å². The van der Waals surface area contributed by atoms with E-state index in [-0.39, 0.29) is 5.56 Å². The van der Waals surface area contributed by atoms with Crippen LogP contribution in [-0.4, -0.2) is 34.8 Å². The summed E-state index contributed by atoms with van der Waals surface area (Å²) in [6, 6.07) is 20.0. The zero-order chi connectivity index (χ0) is 21.1. The molecule has 2 aromatic heterocycles. The van der Waals surface area contributed by atoms with Gasteiger partial charge in [0.05, 0.1) is 11.4 Å². The Balaban J connectivity index is 1.60. The number of benzene rings is 2. The number of rotatable bonds is 7. The summed E-state index contributed by atoms with van der Waals surface area (Å²) >= 11 is 1.59. The van der Waals surface area contributed by atoms with Gasteiger partial charge in [0.2, 0.25) is 5.16 Å². The quantitative estimate of drug-likeness (QED) is 0.428. The van der Waals surface area contributed by atoms with Gasteiger partial charge in [-0.3, -0.25) is 9.48 Å². The Morgan fingerprint density at radius 3 is 2.40 bits per heavy atom. The number of para-hydroxylation sites is 1. The molecule has 0 aliphatic carbocycles. The second-order valence-corrected chi connectivity index (χ2v) is 8.64. The van der Waals surface area contributed by atoms with E-state index in [9.17, 15) is 4.79 Å². The largest absolute Gasteiger partial charge is 0.297 e. The minimum Gasteiger partial charge on any atom is -0.283 e. The van der Waals surface area contributed by atoms with E-state index in [2.05, 4.69) is 46.7 Å². The molecule has 154 valence electrons. The average molecular weight is 421 g/mol. The number of tetrazole rings is 1. The molecule has 8 heteroatoms. The summed E-state index contributed by atoms with van der Waals surface area (Å²) < 4.78 is 5.04. The van der Waals surface area contributed by atoms with Gasteiger partial charge in [-0.25, -0.2) is 4.68 Å². The van der Waals surface area contributed by atoms with Crippen molar-refractivity contribution in [3.8, 4) is 11.4 Å². The molecule has 2 heterocycles. The van der Waals surface area contributed by atoms with Gasteiger partial charge in [-0.2, -0.15) is 4.68 Å². The first kappa shape index (κ1) is 20.2. The lowest BCUT2D eigenvalue weighted by Gasteiger charge is -2.10. The van der Waals surface area contributed by atoms with E-state index in [1.807, 2.05) is 55.1 Å². The number of hydrogen-bond acceptors (Lipinski definition) is 5. The molecule has 2 aromatic carbocycles. The Morgan fingerprint density at radius 2 is 1.70 bits per heavy atom. The number of aryl methyl sites for hydroxylation is 1. The van der Waals surface area contributed by atoms with Gasteiger partial charge >= 0.3 is 0 Å². The van der Waals surface area contributed by atoms with E-state index in [1.165, 1.54) is 5.56 Å². The third-order valence-corrected chi connectivity index (χ3v) is 6.27. The molecule has 0 amide bonds. The Bertz CT molecular complexity index is 1180. The lowest BCUT2D eigenvalue weighted by molar-refractivity contribution is 0.630. The van der Waals surface area contributed by atoms with Crippen LogP contribution >= 0.6 is 11.8 Å². The van der Waals surface area contributed by atoms with Crippen LogP contribution in [0.4, 0.5) is 0 Å². The summed E-state index contributed by atoms with van der Waals surface area (Å²) in [4.78, 5) is 13.3. The third kappa shape index (κ3) is 3.95. The summed E-state index contributed by atoms with van der Waals surface area (Å²) in [5.74, 6) is 0.